The van der Waals surface area contributed by atoms with Gasteiger partial charge in [-0.2, -0.15) is 0 Å². The lowest BCUT2D eigenvalue weighted by atomic mass is 10.1. The Bertz CT molecular complexity index is 1730. The fraction of sp³-hybridized carbons (Fsp3) is 0.300. The number of H-pyrrole nitrogens is 4. The van der Waals surface area contributed by atoms with Gasteiger partial charge in [-0.1, -0.05) is 53.4 Å². The van der Waals surface area contributed by atoms with Crippen molar-refractivity contribution < 1.29 is 0 Å². The number of thiophene rings is 2. The van der Waals surface area contributed by atoms with E-state index in [4.69, 9.17) is 0 Å². The van der Waals surface area contributed by atoms with Crippen molar-refractivity contribution >= 4 is 47.0 Å². The fourth-order valence-electron chi connectivity index (χ4n) is 6.67. The van der Waals surface area contributed by atoms with Gasteiger partial charge >= 0.3 is 0 Å². The predicted molar refractivity (Wildman–Crippen MR) is 202 cm³/mol. The van der Waals surface area contributed by atoms with Gasteiger partial charge in [-0.15, -0.1) is 22.7 Å². The highest BCUT2D eigenvalue weighted by atomic mass is 32.1. The lowest BCUT2D eigenvalue weighted by Crippen LogP contribution is -1.86. The van der Waals surface area contributed by atoms with Gasteiger partial charge in [0.25, 0.3) is 0 Å². The molecule has 4 N–H and O–H groups in total. The van der Waals surface area contributed by atoms with E-state index in [0.29, 0.717) is 0 Å². The Kier molecular flexibility index (Phi) is 8.92. The summed E-state index contributed by atoms with van der Waals surface area (Å²) in [5, 5.41) is 0. The lowest BCUT2D eigenvalue weighted by Gasteiger charge is -1.99. The van der Waals surface area contributed by atoms with Crippen molar-refractivity contribution in [2.45, 2.75) is 79.1 Å². The van der Waals surface area contributed by atoms with E-state index in [1.54, 1.807) is 0 Å². The van der Waals surface area contributed by atoms with Gasteiger partial charge in [-0.05, 0) is 121 Å². The topological polar surface area (TPSA) is 63.2 Å². The lowest BCUT2D eigenvalue weighted by molar-refractivity contribution is 0.919. The Morgan fingerprint density at radius 3 is 0.848 bits per heavy atom. The van der Waals surface area contributed by atoms with Crippen LogP contribution in [0.15, 0.2) is 48.5 Å². The summed E-state index contributed by atoms with van der Waals surface area (Å²) in [5.41, 5.74) is 15.1. The van der Waals surface area contributed by atoms with E-state index in [1.807, 2.05) is 22.7 Å². The molecule has 0 unspecified atom stereocenters. The van der Waals surface area contributed by atoms with E-state index in [-0.39, 0.29) is 0 Å². The molecule has 6 aromatic rings. The van der Waals surface area contributed by atoms with E-state index in [2.05, 4.69) is 120 Å². The molecule has 0 atom stereocenters. The predicted octanol–water partition coefficient (Wildman–Crippen LogP) is 12.3. The van der Waals surface area contributed by atoms with Crippen molar-refractivity contribution in [1.29, 1.82) is 0 Å². The molecule has 0 spiro atoms. The average molecular weight is 645 g/mol. The zero-order chi connectivity index (χ0) is 31.6. The van der Waals surface area contributed by atoms with E-state index in [1.165, 1.54) is 87.3 Å². The monoisotopic (exact) mass is 644 g/mol. The highest BCUT2D eigenvalue weighted by Gasteiger charge is 2.16. The molecule has 6 aromatic heterocycles. The van der Waals surface area contributed by atoms with Crippen molar-refractivity contribution in [3.8, 4) is 42.3 Å². The van der Waals surface area contributed by atoms with E-state index in [9.17, 15) is 0 Å². The molecular formula is C40H44N4S2. The van der Waals surface area contributed by atoms with Crippen LogP contribution >= 0.6 is 22.7 Å². The summed E-state index contributed by atoms with van der Waals surface area (Å²) in [5.74, 6) is 0. The Morgan fingerprint density at radius 2 is 0.630 bits per heavy atom. The van der Waals surface area contributed by atoms with Crippen LogP contribution in [-0.2, 0) is 25.7 Å². The van der Waals surface area contributed by atoms with Crippen molar-refractivity contribution in [2.75, 3.05) is 0 Å². The minimum absolute atomic E-state index is 1.05. The minimum Gasteiger partial charge on any atom is -0.354 e. The number of hydrogen-bond acceptors (Lipinski definition) is 2. The highest BCUT2D eigenvalue weighted by Crippen LogP contribution is 2.38. The van der Waals surface area contributed by atoms with E-state index in [0.717, 1.165) is 51.4 Å². The molecule has 6 heteroatoms. The molecule has 7 heterocycles. The number of aromatic nitrogens is 4. The standard InChI is InChI=1S/C40H44N4S2/c1-5-9-25-21-33-37-17-18-38(45-37)34-23-27(11-7-3)31(43-34)15-16-32-28(12-8-4)24-36(44-32)40-20-19-39(46-40)35-22-26(10-6-2)30(42-35)14-13-29(25)41-33/h13-24,41-44H,5-12H2,1-4H3/b14-13-,16-15-,29-13?,30-14?,31-15?,32-16?,37-33?,38-34?,39-35?,40-36?. The summed E-state index contributed by atoms with van der Waals surface area (Å²) in [6.45, 7) is 9.04. The van der Waals surface area contributed by atoms with Crippen molar-refractivity contribution in [1.82, 2.24) is 19.9 Å². The Labute approximate surface area is 280 Å². The zero-order valence-corrected chi connectivity index (χ0v) is 29.0. The highest BCUT2D eigenvalue weighted by molar-refractivity contribution is 7.19. The molecule has 7 rings (SSSR count). The molecule has 1 aliphatic rings. The number of nitrogens with one attached hydrogen (secondary N) is 4. The maximum Gasteiger partial charge on any atom is 0.0563 e. The van der Waals surface area contributed by atoms with Gasteiger partial charge in [0.2, 0.25) is 0 Å². The number of fused-ring (bicyclic) bond motifs is 16. The van der Waals surface area contributed by atoms with Crippen LogP contribution in [0.1, 0.15) is 98.4 Å². The first-order chi connectivity index (χ1) is 22.6. The molecule has 0 saturated heterocycles. The summed E-state index contributed by atoms with van der Waals surface area (Å²) in [7, 11) is 0. The van der Waals surface area contributed by atoms with E-state index < -0.39 is 0 Å². The molecule has 4 nitrogen and oxygen atoms in total. The maximum atomic E-state index is 3.79. The number of hydrogen-bond donors (Lipinski definition) is 4. The fourth-order valence-corrected chi connectivity index (χ4v) is 8.57. The van der Waals surface area contributed by atoms with E-state index >= 15 is 0 Å². The van der Waals surface area contributed by atoms with Gasteiger partial charge in [0.1, 0.15) is 0 Å². The largest absolute Gasteiger partial charge is 0.354 e. The van der Waals surface area contributed by atoms with Gasteiger partial charge in [-0.3, -0.25) is 0 Å². The summed E-state index contributed by atoms with van der Waals surface area (Å²) in [4.78, 5) is 20.2. The molecule has 0 radical (unpaired) electrons. The first-order valence-electron chi connectivity index (χ1n) is 17.0. The van der Waals surface area contributed by atoms with Gasteiger partial charge in [0.15, 0.2) is 0 Å². The third-order valence-electron chi connectivity index (χ3n) is 8.92. The smallest absolute Gasteiger partial charge is 0.0563 e. The summed E-state index contributed by atoms with van der Waals surface area (Å²) >= 11 is 3.71. The summed E-state index contributed by atoms with van der Waals surface area (Å²) in [6, 6.07) is 18.5. The van der Waals surface area contributed by atoms with Crippen molar-refractivity contribution in [3.05, 3.63) is 93.6 Å². The second kappa shape index (κ2) is 13.4. The maximum absolute atomic E-state index is 3.79. The second-order valence-electron chi connectivity index (χ2n) is 12.5. The van der Waals surface area contributed by atoms with Crippen LogP contribution in [0.3, 0.4) is 0 Å². The molecule has 46 heavy (non-hydrogen) atoms. The van der Waals surface area contributed by atoms with Gasteiger partial charge < -0.3 is 19.9 Å². The number of aryl methyl sites for hydroxylation is 4. The minimum atomic E-state index is 1.05. The Balaban J connectivity index is 1.38. The normalized spacial score (nSPS) is 13.8. The van der Waals surface area contributed by atoms with Crippen LogP contribution in [0.5, 0.6) is 0 Å². The molecular weight excluding hydrogens is 601 g/mol. The molecule has 0 amide bonds. The Morgan fingerprint density at radius 1 is 0.391 bits per heavy atom. The molecule has 236 valence electrons. The van der Waals surface area contributed by atoms with Crippen molar-refractivity contribution in [2.24, 2.45) is 0 Å². The molecule has 0 aromatic carbocycles. The zero-order valence-electron chi connectivity index (χ0n) is 27.4. The molecule has 0 aliphatic carbocycles. The van der Waals surface area contributed by atoms with Gasteiger partial charge in [0.05, 0.1) is 42.3 Å². The molecule has 1 aliphatic heterocycles. The van der Waals surface area contributed by atoms with Crippen LogP contribution in [0.4, 0.5) is 0 Å². The first-order valence-corrected chi connectivity index (χ1v) is 18.6. The third kappa shape index (κ3) is 6.08. The summed E-state index contributed by atoms with van der Waals surface area (Å²) in [6.07, 6.45) is 17.8. The first kappa shape index (κ1) is 30.6. The van der Waals surface area contributed by atoms with Crippen LogP contribution in [0.25, 0.3) is 66.6 Å². The van der Waals surface area contributed by atoms with Crippen LogP contribution < -0.4 is 0 Å². The van der Waals surface area contributed by atoms with Crippen LogP contribution in [-0.4, -0.2) is 19.9 Å². The van der Waals surface area contributed by atoms with Crippen molar-refractivity contribution in [3.63, 3.8) is 0 Å². The molecule has 0 saturated carbocycles. The summed E-state index contributed by atoms with van der Waals surface area (Å²) < 4.78 is 0. The Hall–Kier alpha value is -4.00. The molecule has 12 bridgehead atoms. The average Bonchev–Trinajstić information content (AvgIpc) is 3.88. The molecule has 0 fully saturated rings. The van der Waals surface area contributed by atoms with Gasteiger partial charge in [-0.25, -0.2) is 0 Å². The van der Waals surface area contributed by atoms with Crippen LogP contribution in [0, 0.1) is 0 Å². The quantitative estimate of drug-likeness (QED) is 0.127. The third-order valence-corrected chi connectivity index (χ3v) is 11.2. The SMILES string of the molecule is CCCc1cc2[nH]c1/C=C\c1[nH]c(cc1CCC)-c1ccc(s1)-c1cc(CCC)c([nH]1)/C=C\c1[nH]c(cc1CCC)-c1ccc-2s1. The van der Waals surface area contributed by atoms with Gasteiger partial charge in [0, 0.05) is 22.8 Å². The van der Waals surface area contributed by atoms with Crippen LogP contribution in [0.2, 0.25) is 0 Å². The second-order valence-corrected chi connectivity index (χ2v) is 14.6. The number of rotatable bonds is 8. The number of aromatic amines is 4.